The molecule has 0 amide bonds. The molecule has 3 aromatic rings. The van der Waals surface area contributed by atoms with Gasteiger partial charge in [0, 0.05) is 55.4 Å². The first-order valence-electron chi connectivity index (χ1n) is 10.9. The van der Waals surface area contributed by atoms with E-state index in [4.69, 9.17) is 9.97 Å². The van der Waals surface area contributed by atoms with E-state index in [1.165, 1.54) is 22.5 Å². The molecule has 0 N–H and O–H groups in total. The van der Waals surface area contributed by atoms with Crippen LogP contribution in [0.1, 0.15) is 23.7 Å². The van der Waals surface area contributed by atoms with Crippen LogP contribution in [0.3, 0.4) is 0 Å². The van der Waals surface area contributed by atoms with E-state index in [1.807, 2.05) is 0 Å². The third kappa shape index (κ3) is 3.49. The topological polar surface area (TPSA) is 35.5 Å². The molecule has 0 bridgehead atoms. The molecule has 0 saturated carbocycles. The predicted octanol–water partition coefficient (Wildman–Crippen LogP) is 4.50. The van der Waals surface area contributed by atoms with E-state index in [9.17, 15) is 0 Å². The van der Waals surface area contributed by atoms with E-state index in [0.717, 1.165) is 50.1 Å². The van der Waals surface area contributed by atoms with Crippen molar-refractivity contribution in [3.63, 3.8) is 0 Å². The lowest BCUT2D eigenvalue weighted by Crippen LogP contribution is -2.47. The molecule has 1 saturated heterocycles. The summed E-state index contributed by atoms with van der Waals surface area (Å²) >= 11 is 0. The quantitative estimate of drug-likeness (QED) is 0.648. The minimum Gasteiger partial charge on any atom is -0.368 e. The van der Waals surface area contributed by atoms with Gasteiger partial charge in [0.15, 0.2) is 0 Å². The van der Waals surface area contributed by atoms with Gasteiger partial charge >= 0.3 is 0 Å². The Bertz CT molecular complexity index is 1050. The van der Waals surface area contributed by atoms with Crippen LogP contribution in [0.25, 0.3) is 0 Å². The van der Waals surface area contributed by atoms with Crippen LogP contribution in [0.5, 0.6) is 0 Å². The van der Waals surface area contributed by atoms with Crippen LogP contribution in [-0.2, 0) is 6.42 Å². The van der Waals surface area contributed by atoms with Crippen LogP contribution in [0.15, 0.2) is 54.6 Å². The number of anilines is 4. The summed E-state index contributed by atoms with van der Waals surface area (Å²) in [5, 5.41) is 0. The van der Waals surface area contributed by atoms with Crippen LogP contribution in [0.4, 0.5) is 23.1 Å². The van der Waals surface area contributed by atoms with Crippen molar-refractivity contribution in [2.45, 2.75) is 33.2 Å². The molecule has 5 rings (SSSR count). The maximum atomic E-state index is 5.02. The minimum atomic E-state index is 0.371. The Morgan fingerprint density at radius 3 is 2.40 bits per heavy atom. The lowest BCUT2D eigenvalue weighted by molar-refractivity contribution is 0.644. The van der Waals surface area contributed by atoms with Crippen molar-refractivity contribution < 1.29 is 0 Å². The predicted molar refractivity (Wildman–Crippen MR) is 124 cm³/mol. The van der Waals surface area contributed by atoms with E-state index in [0.29, 0.717) is 6.04 Å². The van der Waals surface area contributed by atoms with Crippen LogP contribution >= 0.6 is 0 Å². The summed E-state index contributed by atoms with van der Waals surface area (Å²) in [7, 11) is 0. The van der Waals surface area contributed by atoms with Gasteiger partial charge in [0.1, 0.15) is 5.82 Å². The molecule has 0 spiro atoms. The first kappa shape index (κ1) is 18.9. The van der Waals surface area contributed by atoms with Gasteiger partial charge in [-0.15, -0.1) is 0 Å². The fraction of sp³-hybridized carbons (Fsp3) is 0.360. The number of hydrogen-bond donors (Lipinski definition) is 0. The fourth-order valence-electron chi connectivity index (χ4n) is 4.70. The van der Waals surface area contributed by atoms with Crippen LogP contribution in [0.2, 0.25) is 0 Å². The number of benzene rings is 2. The van der Waals surface area contributed by atoms with E-state index in [-0.39, 0.29) is 0 Å². The van der Waals surface area contributed by atoms with E-state index >= 15 is 0 Å². The lowest BCUT2D eigenvalue weighted by atomic mass is 10.1. The maximum Gasteiger partial charge on any atom is 0.232 e. The number of aromatic nitrogens is 2. The van der Waals surface area contributed by atoms with Crippen LogP contribution < -0.4 is 14.7 Å². The highest BCUT2D eigenvalue weighted by atomic mass is 15.3. The summed E-state index contributed by atoms with van der Waals surface area (Å²) in [6, 6.07) is 19.9. The molecule has 0 aliphatic carbocycles. The average Bonchev–Trinajstić information content (AvgIpc) is 3.09. The SMILES string of the molecule is Cc1cccc(N2CCN(c3cc(C)nc(N4c5ccccc5CC4C)n3)CC2)c1. The summed E-state index contributed by atoms with van der Waals surface area (Å²) in [4.78, 5) is 17.0. The molecule has 1 unspecified atom stereocenters. The van der Waals surface area contributed by atoms with Gasteiger partial charge in [0.2, 0.25) is 5.95 Å². The van der Waals surface area contributed by atoms with Gasteiger partial charge in [-0.1, -0.05) is 30.3 Å². The molecule has 1 atom stereocenters. The average molecular weight is 400 g/mol. The first-order chi connectivity index (χ1) is 14.6. The van der Waals surface area contributed by atoms with Crippen molar-refractivity contribution in [3.05, 3.63) is 71.4 Å². The van der Waals surface area contributed by atoms with Gasteiger partial charge in [-0.3, -0.25) is 0 Å². The highest BCUT2D eigenvalue weighted by Crippen LogP contribution is 2.37. The van der Waals surface area contributed by atoms with Crippen LogP contribution in [-0.4, -0.2) is 42.2 Å². The zero-order valence-electron chi connectivity index (χ0n) is 18.0. The highest BCUT2D eigenvalue weighted by molar-refractivity contribution is 5.68. The standard InChI is InChI=1S/C25H29N5/c1-18-7-6-9-22(15-18)28-11-13-29(14-12-28)24-16-19(2)26-25(27-24)30-20(3)17-21-8-4-5-10-23(21)30/h4-10,15-16,20H,11-14,17H2,1-3H3. The zero-order valence-corrected chi connectivity index (χ0v) is 18.0. The summed E-state index contributed by atoms with van der Waals surface area (Å²) < 4.78 is 0. The largest absolute Gasteiger partial charge is 0.368 e. The molecule has 2 aromatic carbocycles. The second kappa shape index (κ2) is 7.63. The maximum absolute atomic E-state index is 5.02. The molecule has 1 aromatic heterocycles. The second-order valence-corrected chi connectivity index (χ2v) is 8.53. The van der Waals surface area contributed by atoms with Gasteiger partial charge in [-0.25, -0.2) is 4.98 Å². The van der Waals surface area contributed by atoms with Crippen molar-refractivity contribution in [1.29, 1.82) is 0 Å². The van der Waals surface area contributed by atoms with Gasteiger partial charge < -0.3 is 14.7 Å². The Balaban J connectivity index is 1.37. The molecule has 2 aliphatic heterocycles. The minimum absolute atomic E-state index is 0.371. The van der Waals surface area contributed by atoms with E-state index in [1.54, 1.807) is 0 Å². The highest BCUT2D eigenvalue weighted by Gasteiger charge is 2.29. The Labute approximate surface area is 179 Å². The van der Waals surface area contributed by atoms with Gasteiger partial charge in [0.25, 0.3) is 0 Å². The van der Waals surface area contributed by atoms with Gasteiger partial charge in [-0.05, 0) is 56.5 Å². The molecule has 5 nitrogen and oxygen atoms in total. The summed E-state index contributed by atoms with van der Waals surface area (Å²) in [6.07, 6.45) is 1.04. The third-order valence-electron chi connectivity index (χ3n) is 6.22. The third-order valence-corrected chi connectivity index (χ3v) is 6.22. The Morgan fingerprint density at radius 1 is 0.833 bits per heavy atom. The van der Waals surface area contributed by atoms with Crippen molar-refractivity contribution in [2.24, 2.45) is 0 Å². The van der Waals surface area contributed by atoms with Crippen molar-refractivity contribution in [3.8, 4) is 0 Å². The number of fused-ring (bicyclic) bond motifs is 1. The molecule has 1 fully saturated rings. The molecular weight excluding hydrogens is 370 g/mol. The molecular formula is C25H29N5. The molecule has 0 radical (unpaired) electrons. The summed E-state index contributed by atoms with van der Waals surface area (Å²) in [5.74, 6) is 1.86. The monoisotopic (exact) mass is 399 g/mol. The Hall–Kier alpha value is -3.08. The lowest BCUT2D eigenvalue weighted by Gasteiger charge is -2.37. The molecule has 3 heterocycles. The smallest absolute Gasteiger partial charge is 0.232 e. The van der Waals surface area contributed by atoms with Crippen molar-refractivity contribution >= 4 is 23.1 Å². The summed E-state index contributed by atoms with van der Waals surface area (Å²) in [5.41, 5.74) is 6.27. The normalized spacial score (nSPS) is 18.6. The Kier molecular flexibility index (Phi) is 4.81. The van der Waals surface area contributed by atoms with Gasteiger partial charge in [0.05, 0.1) is 0 Å². The zero-order chi connectivity index (χ0) is 20.7. The molecule has 154 valence electrons. The fourth-order valence-corrected chi connectivity index (χ4v) is 4.70. The number of nitrogens with zero attached hydrogens (tertiary/aromatic N) is 5. The second-order valence-electron chi connectivity index (χ2n) is 8.53. The van der Waals surface area contributed by atoms with E-state index < -0.39 is 0 Å². The molecule has 2 aliphatic rings. The number of aryl methyl sites for hydroxylation is 2. The Morgan fingerprint density at radius 2 is 1.60 bits per heavy atom. The van der Waals surface area contributed by atoms with Crippen LogP contribution in [0, 0.1) is 13.8 Å². The van der Waals surface area contributed by atoms with Crippen molar-refractivity contribution in [2.75, 3.05) is 40.9 Å². The number of piperazine rings is 1. The molecule has 30 heavy (non-hydrogen) atoms. The van der Waals surface area contributed by atoms with Gasteiger partial charge in [-0.2, -0.15) is 4.98 Å². The number of hydrogen-bond acceptors (Lipinski definition) is 5. The van der Waals surface area contributed by atoms with E-state index in [2.05, 4.69) is 90.1 Å². The van der Waals surface area contributed by atoms with Crippen molar-refractivity contribution in [1.82, 2.24) is 9.97 Å². The first-order valence-corrected chi connectivity index (χ1v) is 10.9. The summed E-state index contributed by atoms with van der Waals surface area (Å²) in [6.45, 7) is 10.4. The molecule has 5 heteroatoms. The number of para-hydroxylation sites is 1. The number of rotatable bonds is 3.